The van der Waals surface area contributed by atoms with Gasteiger partial charge in [0, 0.05) is 26.1 Å². The summed E-state index contributed by atoms with van der Waals surface area (Å²) in [6, 6.07) is 0. The Morgan fingerprint density at radius 3 is 2.25 bits per heavy atom. The van der Waals surface area contributed by atoms with Gasteiger partial charge in [-0.15, -0.1) is 0 Å². The van der Waals surface area contributed by atoms with Gasteiger partial charge in [0.05, 0.1) is 12.5 Å². The molecule has 0 saturated heterocycles. The standard InChI is InChI=1S/C11H21NO4/c1-8(2)10(13)12(5-6-16-4)7-9(3)11(14)15/h8-9H,5-7H2,1-4H3,(H,14,15). The fourth-order valence-electron chi connectivity index (χ4n) is 1.27. The molecular formula is C11H21NO4. The monoisotopic (exact) mass is 231 g/mol. The van der Waals surface area contributed by atoms with Crippen LogP contribution in [0, 0.1) is 11.8 Å². The Kier molecular flexibility index (Phi) is 6.72. The average molecular weight is 231 g/mol. The van der Waals surface area contributed by atoms with Crippen molar-refractivity contribution in [1.82, 2.24) is 4.90 Å². The van der Waals surface area contributed by atoms with Crippen LogP contribution in [0.3, 0.4) is 0 Å². The highest BCUT2D eigenvalue weighted by molar-refractivity contribution is 5.79. The van der Waals surface area contributed by atoms with Crippen LogP contribution in [0.15, 0.2) is 0 Å². The minimum Gasteiger partial charge on any atom is -0.481 e. The lowest BCUT2D eigenvalue weighted by Gasteiger charge is -2.25. The Morgan fingerprint density at radius 1 is 1.31 bits per heavy atom. The van der Waals surface area contributed by atoms with Gasteiger partial charge in [-0.3, -0.25) is 9.59 Å². The molecule has 1 atom stereocenters. The van der Waals surface area contributed by atoms with E-state index < -0.39 is 11.9 Å². The molecular weight excluding hydrogens is 210 g/mol. The molecule has 0 aliphatic carbocycles. The predicted octanol–water partition coefficient (Wildman–Crippen LogP) is 0.838. The molecule has 1 unspecified atom stereocenters. The first-order chi connectivity index (χ1) is 7.40. The van der Waals surface area contributed by atoms with Crippen molar-refractivity contribution in [1.29, 1.82) is 0 Å². The van der Waals surface area contributed by atoms with E-state index in [1.165, 1.54) is 0 Å². The van der Waals surface area contributed by atoms with E-state index in [-0.39, 0.29) is 18.4 Å². The summed E-state index contributed by atoms with van der Waals surface area (Å²) in [6.45, 7) is 6.28. The second-order valence-corrected chi connectivity index (χ2v) is 4.17. The van der Waals surface area contributed by atoms with Gasteiger partial charge < -0.3 is 14.7 Å². The molecule has 5 nitrogen and oxygen atoms in total. The first-order valence-electron chi connectivity index (χ1n) is 5.40. The van der Waals surface area contributed by atoms with E-state index >= 15 is 0 Å². The first kappa shape index (κ1) is 14.9. The van der Waals surface area contributed by atoms with Crippen molar-refractivity contribution in [3.63, 3.8) is 0 Å². The highest BCUT2D eigenvalue weighted by Crippen LogP contribution is 2.06. The maximum Gasteiger partial charge on any atom is 0.308 e. The fraction of sp³-hybridized carbons (Fsp3) is 0.818. The molecule has 16 heavy (non-hydrogen) atoms. The van der Waals surface area contributed by atoms with Crippen molar-refractivity contribution in [2.24, 2.45) is 11.8 Å². The van der Waals surface area contributed by atoms with Crippen molar-refractivity contribution in [2.75, 3.05) is 26.8 Å². The zero-order chi connectivity index (χ0) is 12.7. The van der Waals surface area contributed by atoms with Crippen LogP contribution >= 0.6 is 0 Å². The Labute approximate surface area is 96.4 Å². The molecule has 1 N–H and O–H groups in total. The summed E-state index contributed by atoms with van der Waals surface area (Å²) >= 11 is 0. The fourth-order valence-corrected chi connectivity index (χ4v) is 1.27. The number of nitrogens with zero attached hydrogens (tertiary/aromatic N) is 1. The molecule has 0 radical (unpaired) electrons. The van der Waals surface area contributed by atoms with Crippen LogP contribution in [0.2, 0.25) is 0 Å². The van der Waals surface area contributed by atoms with Crippen LogP contribution in [-0.2, 0) is 14.3 Å². The molecule has 0 heterocycles. The molecule has 1 amide bonds. The molecule has 0 saturated carbocycles. The molecule has 0 aliphatic heterocycles. The number of carboxylic acids is 1. The minimum atomic E-state index is -0.890. The topological polar surface area (TPSA) is 66.8 Å². The summed E-state index contributed by atoms with van der Waals surface area (Å²) in [6.07, 6.45) is 0. The number of rotatable bonds is 7. The second-order valence-electron chi connectivity index (χ2n) is 4.17. The Hall–Kier alpha value is -1.10. The summed E-state index contributed by atoms with van der Waals surface area (Å²) < 4.78 is 4.90. The number of carbonyl (C=O) groups is 2. The van der Waals surface area contributed by atoms with Crippen LogP contribution < -0.4 is 0 Å². The van der Waals surface area contributed by atoms with Gasteiger partial charge in [0.2, 0.25) is 5.91 Å². The third-order valence-corrected chi connectivity index (χ3v) is 2.29. The third kappa shape index (κ3) is 5.11. The Morgan fingerprint density at radius 2 is 1.88 bits per heavy atom. The lowest BCUT2D eigenvalue weighted by Crippen LogP contribution is -2.41. The van der Waals surface area contributed by atoms with Crippen LogP contribution in [-0.4, -0.2) is 48.7 Å². The first-order valence-corrected chi connectivity index (χ1v) is 5.40. The number of carboxylic acid groups (broad SMARTS) is 1. The molecule has 0 spiro atoms. The van der Waals surface area contributed by atoms with E-state index in [1.54, 1.807) is 32.8 Å². The van der Waals surface area contributed by atoms with Crippen molar-refractivity contribution in [3.05, 3.63) is 0 Å². The smallest absolute Gasteiger partial charge is 0.308 e. The molecule has 0 rings (SSSR count). The van der Waals surface area contributed by atoms with Crippen LogP contribution in [0.4, 0.5) is 0 Å². The number of ether oxygens (including phenoxy) is 1. The van der Waals surface area contributed by atoms with Crippen molar-refractivity contribution in [2.45, 2.75) is 20.8 Å². The summed E-state index contributed by atoms with van der Waals surface area (Å²) in [5.74, 6) is -1.61. The van der Waals surface area contributed by atoms with Gasteiger partial charge in [0.15, 0.2) is 0 Å². The van der Waals surface area contributed by atoms with E-state index in [4.69, 9.17) is 9.84 Å². The van der Waals surface area contributed by atoms with E-state index in [9.17, 15) is 9.59 Å². The number of carbonyl (C=O) groups excluding carboxylic acids is 1. The Balaban J connectivity index is 4.42. The highest BCUT2D eigenvalue weighted by atomic mass is 16.5. The predicted molar refractivity (Wildman–Crippen MR) is 60.1 cm³/mol. The quantitative estimate of drug-likeness (QED) is 0.705. The maximum absolute atomic E-state index is 11.8. The minimum absolute atomic E-state index is 0.0369. The molecule has 0 aliphatic rings. The summed E-state index contributed by atoms with van der Waals surface area (Å²) in [5, 5.41) is 8.81. The summed E-state index contributed by atoms with van der Waals surface area (Å²) in [5.41, 5.74) is 0. The normalized spacial score (nSPS) is 12.6. The number of hydrogen-bond acceptors (Lipinski definition) is 3. The van der Waals surface area contributed by atoms with E-state index in [2.05, 4.69) is 0 Å². The molecule has 94 valence electrons. The molecule has 0 aromatic carbocycles. The summed E-state index contributed by atoms with van der Waals surface area (Å²) in [7, 11) is 1.55. The molecule has 0 aromatic heterocycles. The van der Waals surface area contributed by atoms with Gasteiger partial charge in [0.25, 0.3) is 0 Å². The van der Waals surface area contributed by atoms with Gasteiger partial charge in [-0.25, -0.2) is 0 Å². The van der Waals surface area contributed by atoms with Crippen LogP contribution in [0.5, 0.6) is 0 Å². The van der Waals surface area contributed by atoms with Crippen molar-refractivity contribution >= 4 is 11.9 Å². The largest absolute Gasteiger partial charge is 0.481 e. The van der Waals surface area contributed by atoms with Gasteiger partial charge in [-0.05, 0) is 0 Å². The molecule has 0 aromatic rings. The van der Waals surface area contributed by atoms with Crippen molar-refractivity contribution < 1.29 is 19.4 Å². The van der Waals surface area contributed by atoms with Crippen LogP contribution in [0.25, 0.3) is 0 Å². The van der Waals surface area contributed by atoms with E-state index in [0.29, 0.717) is 13.2 Å². The lowest BCUT2D eigenvalue weighted by atomic mass is 10.1. The third-order valence-electron chi connectivity index (χ3n) is 2.29. The van der Waals surface area contributed by atoms with E-state index in [1.807, 2.05) is 0 Å². The summed E-state index contributed by atoms with van der Waals surface area (Å²) in [4.78, 5) is 24.1. The van der Waals surface area contributed by atoms with Crippen LogP contribution in [0.1, 0.15) is 20.8 Å². The zero-order valence-electron chi connectivity index (χ0n) is 10.4. The number of hydrogen-bond donors (Lipinski definition) is 1. The highest BCUT2D eigenvalue weighted by Gasteiger charge is 2.21. The molecule has 5 heteroatoms. The molecule has 0 fully saturated rings. The van der Waals surface area contributed by atoms with E-state index in [0.717, 1.165) is 0 Å². The van der Waals surface area contributed by atoms with Gasteiger partial charge in [-0.1, -0.05) is 20.8 Å². The van der Waals surface area contributed by atoms with Crippen molar-refractivity contribution in [3.8, 4) is 0 Å². The SMILES string of the molecule is COCCN(CC(C)C(=O)O)C(=O)C(C)C. The van der Waals surface area contributed by atoms with Gasteiger partial charge >= 0.3 is 5.97 Å². The number of amides is 1. The maximum atomic E-state index is 11.8. The number of aliphatic carboxylic acids is 1. The lowest BCUT2D eigenvalue weighted by molar-refractivity contribution is -0.144. The zero-order valence-corrected chi connectivity index (χ0v) is 10.4. The van der Waals surface area contributed by atoms with Gasteiger partial charge in [0.1, 0.15) is 0 Å². The second kappa shape index (κ2) is 7.22. The average Bonchev–Trinajstić information content (AvgIpc) is 2.22. The van der Waals surface area contributed by atoms with Gasteiger partial charge in [-0.2, -0.15) is 0 Å². The number of methoxy groups -OCH3 is 1. The Bertz CT molecular complexity index is 240. The molecule has 0 bridgehead atoms.